The molecule has 0 aliphatic carbocycles. The molecule has 132 valence electrons. The first-order valence-corrected chi connectivity index (χ1v) is 8.30. The van der Waals surface area contributed by atoms with Crippen LogP contribution in [-0.4, -0.2) is 9.78 Å². The summed E-state index contributed by atoms with van der Waals surface area (Å²) in [6, 6.07) is 24.5. The van der Waals surface area contributed by atoms with Gasteiger partial charge >= 0.3 is 0 Å². The molecule has 0 unspecified atom stereocenters. The quantitative estimate of drug-likeness (QED) is 0.561. The number of hydrogen-bond acceptors (Lipinski definition) is 5. The normalized spacial score (nSPS) is 10.4. The molecule has 1 heterocycles. The Balaban J connectivity index is 2.21. The van der Waals surface area contributed by atoms with Crippen molar-refractivity contribution in [1.29, 1.82) is 15.8 Å². The van der Waals surface area contributed by atoms with Crippen LogP contribution in [0.4, 0.5) is 0 Å². The molecule has 2 N–H and O–H groups in total. The van der Waals surface area contributed by atoms with Gasteiger partial charge < -0.3 is 5.73 Å². The molecule has 3 rings (SSSR count). The van der Waals surface area contributed by atoms with Crippen molar-refractivity contribution in [3.63, 3.8) is 0 Å². The highest BCUT2D eigenvalue weighted by molar-refractivity contribution is 5.76. The molecule has 0 bridgehead atoms. The third kappa shape index (κ3) is 3.65. The summed E-state index contributed by atoms with van der Waals surface area (Å²) in [4.78, 5) is 0. The van der Waals surface area contributed by atoms with Gasteiger partial charge in [0.1, 0.15) is 18.2 Å². The van der Waals surface area contributed by atoms with Crippen molar-refractivity contribution in [3.8, 4) is 35.2 Å². The van der Waals surface area contributed by atoms with Crippen LogP contribution in [0.5, 0.6) is 0 Å². The van der Waals surface area contributed by atoms with Gasteiger partial charge in [0.2, 0.25) is 0 Å². The number of aromatic nitrogens is 2. The lowest BCUT2D eigenvalue weighted by molar-refractivity contribution is 0.884. The van der Waals surface area contributed by atoms with E-state index in [1.807, 2.05) is 66.7 Å². The second-order valence-electron chi connectivity index (χ2n) is 5.76. The van der Waals surface area contributed by atoms with Gasteiger partial charge in [-0.3, -0.25) is 0 Å². The Morgan fingerprint density at radius 2 is 1.50 bits per heavy atom. The Morgan fingerprint density at radius 3 is 2.07 bits per heavy atom. The van der Waals surface area contributed by atoms with E-state index in [1.54, 1.807) is 29.1 Å². The Morgan fingerprint density at radius 1 is 0.893 bits per heavy atom. The molecule has 0 aliphatic rings. The van der Waals surface area contributed by atoms with Crippen LogP contribution in [-0.2, 0) is 0 Å². The Labute approximate surface area is 162 Å². The van der Waals surface area contributed by atoms with Crippen LogP contribution >= 0.6 is 0 Å². The van der Waals surface area contributed by atoms with Gasteiger partial charge in [-0.25, -0.2) is 4.68 Å². The molecule has 0 spiro atoms. The summed E-state index contributed by atoms with van der Waals surface area (Å²) in [5.74, 6) is 0. The van der Waals surface area contributed by atoms with Gasteiger partial charge in [0.05, 0.1) is 22.7 Å². The van der Waals surface area contributed by atoms with Gasteiger partial charge in [0.25, 0.3) is 0 Å². The zero-order chi connectivity index (χ0) is 19.9. The molecule has 6 nitrogen and oxygen atoms in total. The summed E-state index contributed by atoms with van der Waals surface area (Å²) >= 11 is 0. The summed E-state index contributed by atoms with van der Waals surface area (Å²) in [5.41, 5.74) is 8.46. The number of hydrogen-bond donors (Lipinski definition) is 1. The van der Waals surface area contributed by atoms with E-state index < -0.39 is 0 Å². The van der Waals surface area contributed by atoms with E-state index in [0.717, 1.165) is 11.3 Å². The zero-order valence-electron chi connectivity index (χ0n) is 14.7. The smallest absolute Gasteiger partial charge is 0.153 e. The highest BCUT2D eigenvalue weighted by Crippen LogP contribution is 2.26. The first-order chi connectivity index (χ1) is 13.7. The largest absolute Gasteiger partial charge is 0.396 e. The van der Waals surface area contributed by atoms with E-state index in [-0.39, 0.29) is 16.8 Å². The van der Waals surface area contributed by atoms with E-state index in [0.29, 0.717) is 11.3 Å². The maximum Gasteiger partial charge on any atom is 0.153 e. The average molecular weight is 362 g/mol. The molecule has 3 aromatic rings. The lowest BCUT2D eigenvalue weighted by Gasteiger charge is -2.01. The van der Waals surface area contributed by atoms with Gasteiger partial charge in [-0.1, -0.05) is 48.5 Å². The minimum absolute atomic E-state index is 0.0305. The molecule has 1 aromatic heterocycles. The van der Waals surface area contributed by atoms with Crippen LogP contribution in [0.15, 0.2) is 83.7 Å². The van der Waals surface area contributed by atoms with Crippen molar-refractivity contribution in [3.05, 3.63) is 89.3 Å². The Hall–Kier alpha value is -4.60. The Bertz CT molecular complexity index is 1160. The molecule has 28 heavy (non-hydrogen) atoms. The van der Waals surface area contributed by atoms with Crippen molar-refractivity contribution >= 4 is 6.08 Å². The van der Waals surface area contributed by atoms with Crippen molar-refractivity contribution in [2.75, 3.05) is 0 Å². The van der Waals surface area contributed by atoms with Gasteiger partial charge in [-0.15, -0.1) is 0 Å². The second-order valence-corrected chi connectivity index (χ2v) is 5.76. The third-order valence-electron chi connectivity index (χ3n) is 4.01. The van der Waals surface area contributed by atoms with Crippen LogP contribution in [0.3, 0.4) is 0 Å². The second kappa shape index (κ2) is 8.19. The zero-order valence-corrected chi connectivity index (χ0v) is 14.7. The Kier molecular flexibility index (Phi) is 5.32. The fourth-order valence-corrected chi connectivity index (χ4v) is 2.63. The topological polar surface area (TPSA) is 115 Å². The molecule has 0 aliphatic heterocycles. The number of para-hydroxylation sites is 1. The minimum Gasteiger partial charge on any atom is -0.396 e. The molecule has 0 fully saturated rings. The lowest BCUT2D eigenvalue weighted by atomic mass is 10.0. The maximum atomic E-state index is 9.50. The van der Waals surface area contributed by atoms with Crippen LogP contribution in [0.1, 0.15) is 5.56 Å². The summed E-state index contributed by atoms with van der Waals surface area (Å²) in [6.45, 7) is 0. The summed E-state index contributed by atoms with van der Waals surface area (Å²) in [5, 5.41) is 32.2. The molecular weight excluding hydrogens is 348 g/mol. The number of nitrogens with zero attached hydrogens (tertiary/aromatic N) is 5. The van der Waals surface area contributed by atoms with Crippen LogP contribution < -0.4 is 5.73 Å². The molecule has 0 amide bonds. The van der Waals surface area contributed by atoms with Crippen molar-refractivity contribution < 1.29 is 0 Å². The van der Waals surface area contributed by atoms with E-state index in [2.05, 4.69) is 5.10 Å². The fourth-order valence-electron chi connectivity index (χ4n) is 2.63. The lowest BCUT2D eigenvalue weighted by Crippen LogP contribution is -2.03. The van der Waals surface area contributed by atoms with E-state index in [4.69, 9.17) is 16.3 Å². The van der Waals surface area contributed by atoms with Gasteiger partial charge in [0.15, 0.2) is 5.57 Å². The van der Waals surface area contributed by atoms with Crippen molar-refractivity contribution in [1.82, 2.24) is 9.78 Å². The monoisotopic (exact) mass is 362 g/mol. The molecular formula is C22H14N6. The third-order valence-corrected chi connectivity index (χ3v) is 4.01. The van der Waals surface area contributed by atoms with Gasteiger partial charge in [0, 0.05) is 17.3 Å². The fraction of sp³-hybridized carbons (Fsp3) is 0. The highest BCUT2D eigenvalue weighted by Gasteiger charge is 2.14. The molecule has 0 saturated heterocycles. The van der Waals surface area contributed by atoms with E-state index in [9.17, 15) is 5.26 Å². The van der Waals surface area contributed by atoms with E-state index in [1.165, 1.54) is 0 Å². The molecule has 0 saturated carbocycles. The molecule has 6 heteroatoms. The molecule has 0 radical (unpaired) electrons. The number of nitriles is 3. The first-order valence-electron chi connectivity index (χ1n) is 8.30. The molecule has 0 atom stereocenters. The predicted molar refractivity (Wildman–Crippen MR) is 105 cm³/mol. The number of rotatable bonds is 4. The van der Waals surface area contributed by atoms with Crippen LogP contribution in [0, 0.1) is 34.0 Å². The first kappa shape index (κ1) is 18.2. The molecule has 2 aromatic carbocycles. The van der Waals surface area contributed by atoms with Gasteiger partial charge in [-0.05, 0) is 18.2 Å². The number of nitrogens with two attached hydrogens (primary N) is 1. The van der Waals surface area contributed by atoms with E-state index >= 15 is 0 Å². The summed E-state index contributed by atoms with van der Waals surface area (Å²) < 4.78 is 1.71. The van der Waals surface area contributed by atoms with Crippen molar-refractivity contribution in [2.24, 2.45) is 5.73 Å². The number of allylic oxidation sites excluding steroid dienone is 2. The number of benzene rings is 2. The summed E-state index contributed by atoms with van der Waals surface area (Å²) in [6.07, 6.45) is 3.32. The average Bonchev–Trinajstić information content (AvgIpc) is 3.18. The van der Waals surface area contributed by atoms with Gasteiger partial charge in [-0.2, -0.15) is 20.9 Å². The highest BCUT2D eigenvalue weighted by atomic mass is 15.3. The predicted octanol–water partition coefficient (Wildman–Crippen LogP) is 3.71. The van der Waals surface area contributed by atoms with Crippen LogP contribution in [0.2, 0.25) is 0 Å². The van der Waals surface area contributed by atoms with Crippen molar-refractivity contribution in [2.45, 2.75) is 0 Å². The SMILES string of the molecule is N#CC(C#N)=C(N)/C(C#N)=C/c1cn(-c2ccccc2)nc1-c1ccccc1. The summed E-state index contributed by atoms with van der Waals surface area (Å²) in [7, 11) is 0. The standard InChI is InChI=1S/C22H14N6/c23-12-17(21(26)19(13-24)14-25)11-18-15-28(20-9-5-2-6-10-20)27-22(18)16-7-3-1-4-8-16/h1-11,15H,26H2/b17-11+. The maximum absolute atomic E-state index is 9.50. The van der Waals surface area contributed by atoms with Crippen LogP contribution in [0.25, 0.3) is 23.0 Å². The minimum atomic E-state index is -0.301.